The van der Waals surface area contributed by atoms with Gasteiger partial charge in [0.05, 0.1) is 11.0 Å². The summed E-state index contributed by atoms with van der Waals surface area (Å²) in [6.45, 7) is 1.72. The summed E-state index contributed by atoms with van der Waals surface area (Å²) in [5.74, 6) is 0.859. The zero-order chi connectivity index (χ0) is 22.6. The van der Waals surface area contributed by atoms with E-state index in [2.05, 4.69) is 44.5 Å². The number of thiocarbonyl (C=S) groups is 1. The van der Waals surface area contributed by atoms with Gasteiger partial charge in [0.15, 0.2) is 0 Å². The number of anilines is 1. The normalized spacial score (nSPS) is 15.4. The molecule has 0 radical (unpaired) electrons. The maximum Gasteiger partial charge on any atom is 0.264 e. The fourth-order valence-corrected chi connectivity index (χ4v) is 4.27. The van der Waals surface area contributed by atoms with Gasteiger partial charge in [0, 0.05) is 42.7 Å². The first-order valence-corrected chi connectivity index (χ1v) is 11.2. The van der Waals surface area contributed by atoms with E-state index in [0.717, 1.165) is 30.5 Å². The van der Waals surface area contributed by atoms with Crippen molar-refractivity contribution in [3.05, 3.63) is 96.3 Å². The molecule has 3 aromatic carbocycles. The van der Waals surface area contributed by atoms with Crippen LogP contribution in [0, 0.1) is 0 Å². The number of nitrogens with one attached hydrogen (secondary N) is 1. The van der Waals surface area contributed by atoms with Crippen LogP contribution >= 0.6 is 12.2 Å². The lowest BCUT2D eigenvalue weighted by Crippen LogP contribution is -2.31. The molecule has 0 spiro atoms. The van der Waals surface area contributed by atoms with Gasteiger partial charge in [-0.1, -0.05) is 30.3 Å². The molecule has 0 bridgehead atoms. The lowest BCUT2D eigenvalue weighted by molar-refractivity contribution is 0.102. The summed E-state index contributed by atoms with van der Waals surface area (Å²) in [5, 5.41) is 3.36. The van der Waals surface area contributed by atoms with Crippen molar-refractivity contribution in [1.82, 2.24) is 14.9 Å². The zero-order valence-corrected chi connectivity index (χ0v) is 18.7. The van der Waals surface area contributed by atoms with Crippen LogP contribution in [0.1, 0.15) is 28.3 Å². The highest BCUT2D eigenvalue weighted by atomic mass is 32.1. The maximum absolute atomic E-state index is 12.6. The molecule has 6 nitrogen and oxygen atoms in total. The van der Waals surface area contributed by atoms with E-state index in [1.807, 2.05) is 18.2 Å². The third kappa shape index (κ3) is 4.83. The molecule has 0 saturated carbocycles. The molecule has 1 amide bonds. The highest BCUT2D eigenvalue weighted by Gasteiger charge is 2.26. The van der Waals surface area contributed by atoms with Crippen molar-refractivity contribution in [2.24, 2.45) is 0 Å². The standard InChI is InChI=1S/C26H22N4O2S/c31-25(29-21-8-11-23-24(16-21)28-14-13-27-23)19-6-9-22(10-7-19)32-26(33)30-15-12-20(17-30)18-4-2-1-3-5-18/h1-11,13-14,16,20H,12,15,17H2,(H,29,31)/t20-/m1/s1. The predicted octanol–water partition coefficient (Wildman–Crippen LogP) is 5.04. The van der Waals surface area contributed by atoms with Crippen LogP contribution < -0.4 is 10.1 Å². The zero-order valence-electron chi connectivity index (χ0n) is 17.8. The topological polar surface area (TPSA) is 67.3 Å². The number of amides is 1. The third-order valence-corrected chi connectivity index (χ3v) is 6.11. The van der Waals surface area contributed by atoms with Crippen molar-refractivity contribution in [3.8, 4) is 5.75 Å². The minimum Gasteiger partial charge on any atom is -0.432 e. The second kappa shape index (κ2) is 9.34. The molecule has 0 unspecified atom stereocenters. The first-order valence-electron chi connectivity index (χ1n) is 10.8. The summed E-state index contributed by atoms with van der Waals surface area (Å²) >= 11 is 5.52. The lowest BCUT2D eigenvalue weighted by atomic mass is 9.99. The van der Waals surface area contributed by atoms with Gasteiger partial charge in [0.25, 0.3) is 11.1 Å². The molecule has 1 atom stereocenters. The third-order valence-electron chi connectivity index (χ3n) is 5.77. The molecule has 164 valence electrons. The van der Waals surface area contributed by atoms with E-state index in [0.29, 0.717) is 28.1 Å². The molecule has 33 heavy (non-hydrogen) atoms. The number of fused-ring (bicyclic) bond motifs is 1. The average Bonchev–Trinajstić information content (AvgIpc) is 3.36. The van der Waals surface area contributed by atoms with Crippen LogP contribution in [0.2, 0.25) is 0 Å². The number of benzene rings is 3. The number of carbonyl (C=O) groups is 1. The van der Waals surface area contributed by atoms with Crippen molar-refractivity contribution in [2.75, 3.05) is 18.4 Å². The number of hydrogen-bond donors (Lipinski definition) is 1. The Labute approximate surface area is 197 Å². The molecular weight excluding hydrogens is 432 g/mol. The smallest absolute Gasteiger partial charge is 0.264 e. The largest absolute Gasteiger partial charge is 0.432 e. The second-order valence-electron chi connectivity index (χ2n) is 7.95. The molecule has 2 heterocycles. The summed E-state index contributed by atoms with van der Waals surface area (Å²) in [6, 6.07) is 22.9. The highest BCUT2D eigenvalue weighted by molar-refractivity contribution is 7.80. The van der Waals surface area contributed by atoms with Gasteiger partial charge in [-0.2, -0.15) is 0 Å². The van der Waals surface area contributed by atoms with Gasteiger partial charge in [0.2, 0.25) is 0 Å². The Kier molecular flexibility index (Phi) is 5.95. The SMILES string of the molecule is O=C(Nc1ccc2nccnc2c1)c1ccc(OC(=S)N2CC[C@@H](c3ccccc3)C2)cc1. The van der Waals surface area contributed by atoms with Gasteiger partial charge in [-0.05, 0) is 66.7 Å². The van der Waals surface area contributed by atoms with Gasteiger partial charge >= 0.3 is 0 Å². The van der Waals surface area contributed by atoms with Gasteiger partial charge in [-0.15, -0.1) is 0 Å². The first-order chi connectivity index (χ1) is 16.2. The maximum atomic E-state index is 12.6. The minimum atomic E-state index is -0.211. The molecular formula is C26H22N4O2S. The van der Waals surface area contributed by atoms with Crippen LogP contribution in [0.15, 0.2) is 85.2 Å². The van der Waals surface area contributed by atoms with E-state index in [1.54, 1.807) is 42.7 Å². The number of likely N-dealkylation sites (tertiary alicyclic amines) is 1. The minimum absolute atomic E-state index is 0.211. The molecule has 1 aliphatic rings. The molecule has 5 rings (SSSR count). The highest BCUT2D eigenvalue weighted by Crippen LogP contribution is 2.28. The van der Waals surface area contributed by atoms with Crippen LogP contribution in [-0.4, -0.2) is 39.0 Å². The molecule has 1 aliphatic heterocycles. The van der Waals surface area contributed by atoms with E-state index < -0.39 is 0 Å². The van der Waals surface area contributed by atoms with Crippen molar-refractivity contribution in [1.29, 1.82) is 0 Å². The van der Waals surface area contributed by atoms with E-state index in [-0.39, 0.29) is 5.91 Å². The van der Waals surface area contributed by atoms with E-state index in [9.17, 15) is 4.79 Å². The number of hydrogen-bond acceptors (Lipinski definition) is 5. The summed E-state index contributed by atoms with van der Waals surface area (Å²) < 4.78 is 5.89. The summed E-state index contributed by atoms with van der Waals surface area (Å²) in [5.41, 5.74) is 4.02. The van der Waals surface area contributed by atoms with Crippen molar-refractivity contribution in [2.45, 2.75) is 12.3 Å². The van der Waals surface area contributed by atoms with Crippen LogP contribution in [0.3, 0.4) is 0 Å². The van der Waals surface area contributed by atoms with Gasteiger partial charge in [-0.25, -0.2) is 0 Å². The molecule has 0 aliphatic carbocycles. The van der Waals surface area contributed by atoms with Crippen LogP contribution in [0.4, 0.5) is 5.69 Å². The Morgan fingerprint density at radius 1 is 0.970 bits per heavy atom. The predicted molar refractivity (Wildman–Crippen MR) is 133 cm³/mol. The van der Waals surface area contributed by atoms with Crippen molar-refractivity contribution in [3.63, 3.8) is 0 Å². The number of aromatic nitrogens is 2. The van der Waals surface area contributed by atoms with Crippen LogP contribution in [0.25, 0.3) is 11.0 Å². The Morgan fingerprint density at radius 3 is 2.52 bits per heavy atom. The molecule has 4 aromatic rings. The van der Waals surface area contributed by atoms with Gasteiger partial charge < -0.3 is 15.0 Å². The average molecular weight is 455 g/mol. The monoisotopic (exact) mass is 454 g/mol. The summed E-state index contributed by atoms with van der Waals surface area (Å²) in [7, 11) is 0. The summed E-state index contributed by atoms with van der Waals surface area (Å²) in [6.07, 6.45) is 4.31. The fraction of sp³-hybridized carbons (Fsp3) is 0.154. The number of ether oxygens (including phenoxy) is 1. The van der Waals surface area contributed by atoms with Gasteiger partial charge in [-0.3, -0.25) is 14.8 Å². The number of carbonyl (C=O) groups excluding carboxylic acids is 1. The fourth-order valence-electron chi connectivity index (χ4n) is 4.01. The van der Waals surface area contributed by atoms with Crippen LogP contribution in [-0.2, 0) is 0 Å². The van der Waals surface area contributed by atoms with Crippen molar-refractivity contribution >= 4 is 40.0 Å². The Morgan fingerprint density at radius 2 is 1.73 bits per heavy atom. The van der Waals surface area contributed by atoms with Gasteiger partial charge in [0.1, 0.15) is 5.75 Å². The Bertz CT molecular complexity index is 1290. The second-order valence-corrected chi connectivity index (χ2v) is 8.30. The Balaban J connectivity index is 1.18. The Hall–Kier alpha value is -3.84. The van der Waals surface area contributed by atoms with E-state index in [4.69, 9.17) is 17.0 Å². The quantitative estimate of drug-likeness (QED) is 0.436. The molecule has 1 aromatic heterocycles. The first kappa shape index (κ1) is 21.0. The molecule has 1 fully saturated rings. The van der Waals surface area contributed by atoms with Crippen LogP contribution in [0.5, 0.6) is 5.75 Å². The van der Waals surface area contributed by atoms with Crippen molar-refractivity contribution < 1.29 is 9.53 Å². The molecule has 7 heteroatoms. The number of nitrogens with zero attached hydrogens (tertiary/aromatic N) is 3. The number of rotatable bonds is 4. The van der Waals surface area contributed by atoms with E-state index in [1.165, 1.54) is 5.56 Å². The lowest BCUT2D eigenvalue weighted by Gasteiger charge is -2.19. The summed E-state index contributed by atoms with van der Waals surface area (Å²) in [4.78, 5) is 23.2. The molecule has 1 saturated heterocycles. The van der Waals surface area contributed by atoms with E-state index >= 15 is 0 Å². The molecule has 1 N–H and O–H groups in total.